The van der Waals surface area contributed by atoms with Gasteiger partial charge < -0.3 is 5.32 Å². The molecule has 0 spiro atoms. The molecule has 8 heteroatoms. The van der Waals surface area contributed by atoms with Crippen LogP contribution in [-0.4, -0.2) is 14.3 Å². The smallest absolute Gasteiger partial charge is 0.253 e. The van der Waals surface area contributed by atoms with Gasteiger partial charge in [0.25, 0.3) is 5.91 Å². The van der Waals surface area contributed by atoms with Crippen LogP contribution < -0.4 is 10.5 Å². The molecule has 0 aliphatic carbocycles. The van der Waals surface area contributed by atoms with Crippen molar-refractivity contribution in [2.75, 3.05) is 0 Å². The lowest BCUT2D eigenvalue weighted by atomic mass is 10.00. The lowest BCUT2D eigenvalue weighted by molar-refractivity contribution is 0.0940. The number of sulfonamides is 1. The quantitative estimate of drug-likeness (QED) is 0.818. The minimum Gasteiger partial charge on any atom is -0.345 e. The van der Waals surface area contributed by atoms with Gasteiger partial charge in [0, 0.05) is 0 Å². The van der Waals surface area contributed by atoms with Crippen molar-refractivity contribution in [3.63, 3.8) is 0 Å². The van der Waals surface area contributed by atoms with Crippen LogP contribution in [0.3, 0.4) is 0 Å². The Kier molecular flexibility index (Phi) is 5.79. The molecule has 2 rings (SSSR count). The van der Waals surface area contributed by atoms with E-state index in [-0.39, 0.29) is 26.5 Å². The van der Waals surface area contributed by atoms with Gasteiger partial charge in [-0.25, -0.2) is 13.6 Å². The van der Waals surface area contributed by atoms with Gasteiger partial charge in [-0.15, -0.1) is 0 Å². The van der Waals surface area contributed by atoms with Gasteiger partial charge >= 0.3 is 0 Å². The van der Waals surface area contributed by atoms with Crippen molar-refractivity contribution in [3.05, 3.63) is 62.6 Å². The van der Waals surface area contributed by atoms with E-state index in [1.54, 1.807) is 0 Å². The number of primary sulfonamides is 1. The second kappa shape index (κ2) is 7.33. The number of carbonyl (C=O) groups excluding carboxylic acids is 1. The van der Waals surface area contributed by atoms with Crippen LogP contribution in [0.25, 0.3) is 0 Å². The summed E-state index contributed by atoms with van der Waals surface area (Å²) in [5.74, 6) is -0.515. The molecule has 25 heavy (non-hydrogen) atoms. The molecule has 0 fully saturated rings. The van der Waals surface area contributed by atoms with Crippen molar-refractivity contribution in [2.24, 2.45) is 5.14 Å². The molecule has 0 saturated heterocycles. The number of rotatable bonds is 4. The molecule has 3 N–H and O–H groups in total. The number of carbonyl (C=O) groups is 1. The zero-order valence-electron chi connectivity index (χ0n) is 13.9. The van der Waals surface area contributed by atoms with E-state index in [9.17, 15) is 13.2 Å². The fourth-order valence-electron chi connectivity index (χ4n) is 2.58. The Balaban J connectivity index is 2.35. The Morgan fingerprint density at radius 3 is 2.32 bits per heavy atom. The summed E-state index contributed by atoms with van der Waals surface area (Å²) in [7, 11) is -4.07. The van der Waals surface area contributed by atoms with Gasteiger partial charge in [-0.05, 0) is 44.0 Å². The monoisotopic (exact) mass is 400 g/mol. The van der Waals surface area contributed by atoms with Crippen molar-refractivity contribution in [3.8, 4) is 0 Å². The van der Waals surface area contributed by atoms with E-state index in [2.05, 4.69) is 5.32 Å². The van der Waals surface area contributed by atoms with Gasteiger partial charge in [0.15, 0.2) is 0 Å². The van der Waals surface area contributed by atoms with Crippen LogP contribution in [-0.2, 0) is 10.0 Å². The highest BCUT2D eigenvalue weighted by Gasteiger charge is 2.21. The molecular weight excluding hydrogens is 383 g/mol. The van der Waals surface area contributed by atoms with Crippen LogP contribution in [0.1, 0.15) is 40.0 Å². The van der Waals surface area contributed by atoms with Crippen LogP contribution in [0, 0.1) is 13.8 Å². The zero-order chi connectivity index (χ0) is 18.9. The van der Waals surface area contributed by atoms with Crippen LogP contribution >= 0.6 is 23.2 Å². The van der Waals surface area contributed by atoms with Gasteiger partial charge in [-0.3, -0.25) is 4.79 Å². The first-order chi connectivity index (χ1) is 11.5. The topological polar surface area (TPSA) is 89.3 Å². The van der Waals surface area contributed by atoms with Gasteiger partial charge in [-0.1, -0.05) is 47.0 Å². The van der Waals surface area contributed by atoms with E-state index in [1.807, 2.05) is 39.0 Å². The average Bonchev–Trinajstić information content (AvgIpc) is 2.45. The van der Waals surface area contributed by atoms with E-state index in [4.69, 9.17) is 28.3 Å². The van der Waals surface area contributed by atoms with Crippen LogP contribution in [0.15, 0.2) is 35.2 Å². The van der Waals surface area contributed by atoms with Gasteiger partial charge in [-0.2, -0.15) is 0 Å². The van der Waals surface area contributed by atoms with E-state index < -0.39 is 15.9 Å². The fraction of sp³-hybridized carbons (Fsp3) is 0.235. The van der Waals surface area contributed by atoms with Gasteiger partial charge in [0.2, 0.25) is 10.0 Å². The highest BCUT2D eigenvalue weighted by atomic mass is 35.5. The van der Waals surface area contributed by atoms with Crippen molar-refractivity contribution >= 4 is 39.1 Å². The molecule has 134 valence electrons. The first-order valence-electron chi connectivity index (χ1n) is 7.40. The lowest BCUT2D eigenvalue weighted by Gasteiger charge is -2.18. The van der Waals surface area contributed by atoms with Gasteiger partial charge in [0.05, 0.1) is 21.7 Å². The molecule has 1 amide bonds. The Morgan fingerprint density at radius 1 is 1.12 bits per heavy atom. The van der Waals surface area contributed by atoms with Crippen LogP contribution in [0.2, 0.25) is 10.0 Å². The van der Waals surface area contributed by atoms with Crippen molar-refractivity contribution < 1.29 is 13.2 Å². The number of amides is 1. The summed E-state index contributed by atoms with van der Waals surface area (Å²) < 4.78 is 23.2. The Morgan fingerprint density at radius 2 is 1.76 bits per heavy atom. The summed E-state index contributed by atoms with van der Waals surface area (Å²) in [6, 6.07) is 7.90. The maximum Gasteiger partial charge on any atom is 0.253 e. The van der Waals surface area contributed by atoms with E-state index in [1.165, 1.54) is 6.07 Å². The molecule has 0 saturated carbocycles. The molecule has 2 aromatic rings. The Bertz CT molecular complexity index is 943. The highest BCUT2D eigenvalue weighted by Crippen LogP contribution is 2.28. The minimum atomic E-state index is -4.07. The van der Waals surface area contributed by atoms with Gasteiger partial charge in [0.1, 0.15) is 4.90 Å². The predicted molar refractivity (Wildman–Crippen MR) is 99.6 cm³/mol. The number of benzene rings is 2. The molecule has 0 aliphatic heterocycles. The molecular formula is C17H18Cl2N2O3S. The predicted octanol–water partition coefficient (Wildman–Crippen LogP) is 3.75. The second-order valence-corrected chi connectivity index (χ2v) is 8.21. The van der Waals surface area contributed by atoms with E-state index >= 15 is 0 Å². The Hall–Kier alpha value is -1.60. The zero-order valence-corrected chi connectivity index (χ0v) is 16.3. The summed E-state index contributed by atoms with van der Waals surface area (Å²) in [6.45, 7) is 5.78. The number of hydrogen-bond donors (Lipinski definition) is 2. The second-order valence-electron chi connectivity index (χ2n) is 5.86. The van der Waals surface area contributed by atoms with Crippen molar-refractivity contribution in [2.45, 2.75) is 31.7 Å². The first-order valence-corrected chi connectivity index (χ1v) is 9.70. The number of hydrogen-bond acceptors (Lipinski definition) is 3. The third-order valence-electron chi connectivity index (χ3n) is 3.81. The summed E-state index contributed by atoms with van der Waals surface area (Å²) in [5, 5.41) is 7.84. The van der Waals surface area contributed by atoms with Crippen LogP contribution in [0.5, 0.6) is 0 Å². The fourth-order valence-corrected chi connectivity index (χ4v) is 3.99. The third kappa shape index (κ3) is 4.52. The van der Waals surface area contributed by atoms with Crippen molar-refractivity contribution in [1.29, 1.82) is 0 Å². The molecule has 1 atom stereocenters. The number of nitrogens with one attached hydrogen (secondary N) is 1. The SMILES string of the molecule is Cc1ccc([C@H](C)NC(=O)c2cc(S(N)(=O)=O)c(Cl)cc2Cl)c(C)c1. The van der Waals surface area contributed by atoms with Crippen LogP contribution in [0.4, 0.5) is 0 Å². The molecule has 0 radical (unpaired) electrons. The summed E-state index contributed by atoms with van der Waals surface area (Å²) >= 11 is 11.9. The molecule has 2 aromatic carbocycles. The molecule has 0 aliphatic rings. The molecule has 0 aromatic heterocycles. The minimum absolute atomic E-state index is 0.00768. The largest absolute Gasteiger partial charge is 0.345 e. The normalized spacial score (nSPS) is 12.7. The Labute approximate surface area is 157 Å². The van der Waals surface area contributed by atoms with E-state index in [0.29, 0.717) is 0 Å². The molecule has 0 bridgehead atoms. The highest BCUT2D eigenvalue weighted by molar-refractivity contribution is 7.89. The first kappa shape index (κ1) is 19.7. The molecule has 0 heterocycles. The van der Waals surface area contributed by atoms with Crippen molar-refractivity contribution in [1.82, 2.24) is 5.32 Å². The number of aryl methyl sites for hydroxylation is 2. The molecule has 0 unspecified atom stereocenters. The number of nitrogens with two attached hydrogens (primary N) is 1. The standard InChI is InChI=1S/C17H18Cl2N2O3S/c1-9-4-5-12(10(2)6-9)11(3)21-17(22)13-7-16(25(20,23)24)15(19)8-14(13)18/h4-8,11H,1-3H3,(H,21,22)(H2,20,23,24)/t11-/m0/s1. The average molecular weight is 401 g/mol. The maximum absolute atomic E-state index is 12.5. The van der Waals surface area contributed by atoms with E-state index in [0.717, 1.165) is 22.8 Å². The maximum atomic E-state index is 12.5. The number of halogens is 2. The summed E-state index contributed by atoms with van der Waals surface area (Å²) in [5.41, 5.74) is 3.11. The summed E-state index contributed by atoms with van der Waals surface area (Å²) in [4.78, 5) is 12.2. The lowest BCUT2D eigenvalue weighted by Crippen LogP contribution is -2.28. The molecule has 5 nitrogen and oxygen atoms in total. The summed E-state index contributed by atoms with van der Waals surface area (Å²) in [6.07, 6.45) is 0. The third-order valence-corrected chi connectivity index (χ3v) is 5.50.